The van der Waals surface area contributed by atoms with Gasteiger partial charge in [-0.3, -0.25) is 4.79 Å². The fraction of sp³-hybridized carbons (Fsp3) is 0.304. The van der Waals surface area contributed by atoms with Crippen molar-refractivity contribution in [1.29, 1.82) is 0 Å². The van der Waals surface area contributed by atoms with Crippen molar-refractivity contribution in [3.8, 4) is 16.3 Å². The van der Waals surface area contributed by atoms with Crippen LogP contribution >= 0.6 is 11.3 Å². The molecule has 0 saturated heterocycles. The van der Waals surface area contributed by atoms with Gasteiger partial charge in [0, 0.05) is 37.9 Å². The largest absolute Gasteiger partial charge is 0.492 e. The van der Waals surface area contributed by atoms with Crippen LogP contribution in [-0.4, -0.2) is 55.8 Å². The molecule has 9 nitrogen and oxygen atoms in total. The fourth-order valence-corrected chi connectivity index (χ4v) is 4.73. The van der Waals surface area contributed by atoms with E-state index in [0.717, 1.165) is 0 Å². The molecule has 0 spiro atoms. The van der Waals surface area contributed by atoms with Crippen LogP contribution in [0.2, 0.25) is 0 Å². The van der Waals surface area contributed by atoms with Gasteiger partial charge in [0.05, 0.1) is 30.0 Å². The number of nitrogens with one attached hydrogen (secondary N) is 1. The molecule has 1 unspecified atom stereocenters. The van der Waals surface area contributed by atoms with Gasteiger partial charge in [0.25, 0.3) is 5.91 Å². The molecule has 0 saturated carbocycles. The van der Waals surface area contributed by atoms with Crippen LogP contribution in [0.15, 0.2) is 36.7 Å². The predicted octanol–water partition coefficient (Wildman–Crippen LogP) is 3.68. The van der Waals surface area contributed by atoms with E-state index < -0.39 is 17.9 Å². The quantitative estimate of drug-likeness (QED) is 0.457. The summed E-state index contributed by atoms with van der Waals surface area (Å²) in [6, 6.07) is 8.03. The molecule has 0 bridgehead atoms. The molecule has 1 aliphatic rings. The standard InChI is InChI=1S/C23H23FN4O5S/c1-4-33-16-11-17(34-21(16)23(30)32-3)15-10-18(27-12-26-15)25-8-9-28-19-13(6-5-7-14(19)24)20(31-2)22(28)29/h5-7,10-12,20H,4,8-9H2,1-3H3,(H,25,26,27). The molecule has 1 N–H and O–H groups in total. The average Bonchev–Trinajstić information content (AvgIpc) is 3.38. The highest BCUT2D eigenvalue weighted by atomic mass is 32.1. The summed E-state index contributed by atoms with van der Waals surface area (Å²) >= 11 is 1.21. The number of amides is 1. The zero-order valence-electron chi connectivity index (χ0n) is 18.8. The van der Waals surface area contributed by atoms with Crippen molar-refractivity contribution >= 4 is 34.7 Å². The Kier molecular flexibility index (Phi) is 7.03. The number of halogens is 1. The van der Waals surface area contributed by atoms with E-state index in [0.29, 0.717) is 45.7 Å². The molecular formula is C23H23FN4O5S. The lowest BCUT2D eigenvalue weighted by Gasteiger charge is -2.18. The van der Waals surface area contributed by atoms with Crippen molar-refractivity contribution in [2.24, 2.45) is 0 Å². The van der Waals surface area contributed by atoms with Gasteiger partial charge in [-0.1, -0.05) is 12.1 Å². The van der Waals surface area contributed by atoms with Gasteiger partial charge in [-0.25, -0.2) is 19.2 Å². The number of anilines is 2. The highest BCUT2D eigenvalue weighted by Gasteiger charge is 2.39. The molecule has 0 fully saturated rings. The number of ether oxygens (including phenoxy) is 3. The molecule has 1 aliphatic heterocycles. The zero-order chi connectivity index (χ0) is 24.2. The maximum absolute atomic E-state index is 14.5. The molecule has 178 valence electrons. The van der Waals surface area contributed by atoms with Gasteiger partial charge >= 0.3 is 5.97 Å². The Labute approximate surface area is 199 Å². The summed E-state index contributed by atoms with van der Waals surface area (Å²) in [5.74, 6) is -0.323. The maximum Gasteiger partial charge on any atom is 0.351 e. The summed E-state index contributed by atoms with van der Waals surface area (Å²) in [5.41, 5.74) is 1.34. The maximum atomic E-state index is 14.5. The Balaban J connectivity index is 1.49. The molecule has 11 heteroatoms. The second-order valence-corrected chi connectivity index (χ2v) is 8.28. The van der Waals surface area contributed by atoms with E-state index in [1.807, 2.05) is 6.92 Å². The number of para-hydroxylation sites is 1. The number of esters is 1. The third kappa shape index (κ3) is 4.44. The van der Waals surface area contributed by atoms with Crippen molar-refractivity contribution in [2.75, 3.05) is 44.1 Å². The number of carbonyl (C=O) groups excluding carboxylic acids is 2. The van der Waals surface area contributed by atoms with Crippen LogP contribution in [0.25, 0.3) is 10.6 Å². The number of thiophene rings is 1. The Morgan fingerprint density at radius 1 is 1.26 bits per heavy atom. The molecule has 4 rings (SSSR count). The summed E-state index contributed by atoms with van der Waals surface area (Å²) in [5, 5.41) is 3.14. The van der Waals surface area contributed by atoms with Crippen LogP contribution in [-0.2, 0) is 14.3 Å². The highest BCUT2D eigenvalue weighted by Crippen LogP contribution is 2.39. The summed E-state index contributed by atoms with van der Waals surface area (Å²) < 4.78 is 30.1. The third-order valence-corrected chi connectivity index (χ3v) is 6.34. The Morgan fingerprint density at radius 3 is 2.82 bits per heavy atom. The molecule has 2 aromatic heterocycles. The first-order valence-electron chi connectivity index (χ1n) is 10.5. The molecule has 3 heterocycles. The molecular weight excluding hydrogens is 463 g/mol. The molecule has 0 aliphatic carbocycles. The second-order valence-electron chi connectivity index (χ2n) is 7.23. The third-order valence-electron chi connectivity index (χ3n) is 5.23. The van der Waals surface area contributed by atoms with Crippen molar-refractivity contribution in [3.05, 3.63) is 52.9 Å². The monoisotopic (exact) mass is 486 g/mol. The van der Waals surface area contributed by atoms with E-state index in [-0.39, 0.29) is 18.1 Å². The lowest BCUT2D eigenvalue weighted by Crippen LogP contribution is -2.34. The number of nitrogens with zero attached hydrogens (tertiary/aromatic N) is 3. The van der Waals surface area contributed by atoms with Crippen molar-refractivity contribution in [3.63, 3.8) is 0 Å². The first kappa shape index (κ1) is 23.6. The summed E-state index contributed by atoms with van der Waals surface area (Å²) in [4.78, 5) is 35.7. The van der Waals surface area contributed by atoms with Crippen LogP contribution < -0.4 is 15.0 Å². The predicted molar refractivity (Wildman–Crippen MR) is 125 cm³/mol. The lowest BCUT2D eigenvalue weighted by molar-refractivity contribution is -0.127. The van der Waals surface area contributed by atoms with E-state index >= 15 is 0 Å². The smallest absolute Gasteiger partial charge is 0.351 e. The topological polar surface area (TPSA) is 103 Å². The number of fused-ring (bicyclic) bond motifs is 1. The van der Waals surface area contributed by atoms with E-state index in [9.17, 15) is 14.0 Å². The molecule has 1 amide bonds. The van der Waals surface area contributed by atoms with Crippen molar-refractivity contribution in [1.82, 2.24) is 9.97 Å². The summed E-state index contributed by atoms with van der Waals surface area (Å²) in [6.07, 6.45) is 0.575. The number of aromatic nitrogens is 2. The van der Waals surface area contributed by atoms with Crippen molar-refractivity contribution in [2.45, 2.75) is 13.0 Å². The molecule has 1 atom stereocenters. The van der Waals surface area contributed by atoms with E-state index in [1.165, 1.54) is 42.8 Å². The first-order chi connectivity index (χ1) is 16.5. The minimum atomic E-state index is -0.821. The zero-order valence-corrected chi connectivity index (χ0v) is 19.6. The van der Waals surface area contributed by atoms with Crippen LogP contribution in [0.1, 0.15) is 28.3 Å². The average molecular weight is 487 g/mol. The van der Waals surface area contributed by atoms with Gasteiger partial charge < -0.3 is 24.4 Å². The SMILES string of the molecule is CCOc1cc(-c2cc(NCCN3C(=O)C(OC)c4cccc(F)c43)ncn2)sc1C(=O)OC. The first-order valence-corrected chi connectivity index (χ1v) is 11.3. The molecule has 3 aromatic rings. The van der Waals surface area contributed by atoms with E-state index in [4.69, 9.17) is 14.2 Å². The minimum absolute atomic E-state index is 0.214. The summed E-state index contributed by atoms with van der Waals surface area (Å²) in [7, 11) is 2.74. The Hall–Kier alpha value is -3.57. The molecule has 0 radical (unpaired) electrons. The van der Waals surface area contributed by atoms with Gasteiger partial charge in [-0.15, -0.1) is 11.3 Å². The van der Waals surface area contributed by atoms with Gasteiger partial charge in [-0.05, 0) is 13.0 Å². The number of carbonyl (C=O) groups is 2. The number of methoxy groups -OCH3 is 2. The van der Waals surface area contributed by atoms with Gasteiger partial charge in [0.1, 0.15) is 23.7 Å². The van der Waals surface area contributed by atoms with Gasteiger partial charge in [-0.2, -0.15) is 0 Å². The second kappa shape index (κ2) is 10.1. The van der Waals surface area contributed by atoms with Crippen LogP contribution in [0.4, 0.5) is 15.9 Å². The lowest BCUT2D eigenvalue weighted by atomic mass is 10.1. The molecule has 34 heavy (non-hydrogen) atoms. The highest BCUT2D eigenvalue weighted by molar-refractivity contribution is 7.17. The number of hydrogen-bond donors (Lipinski definition) is 1. The minimum Gasteiger partial charge on any atom is -0.492 e. The van der Waals surface area contributed by atoms with E-state index in [2.05, 4.69) is 15.3 Å². The normalized spacial score (nSPS) is 14.8. The van der Waals surface area contributed by atoms with E-state index in [1.54, 1.807) is 24.3 Å². The fourth-order valence-electron chi connectivity index (χ4n) is 3.75. The van der Waals surface area contributed by atoms with Crippen LogP contribution in [0, 0.1) is 5.82 Å². The van der Waals surface area contributed by atoms with Gasteiger partial charge in [0.2, 0.25) is 0 Å². The number of hydrogen-bond acceptors (Lipinski definition) is 9. The van der Waals surface area contributed by atoms with Gasteiger partial charge in [0.15, 0.2) is 11.0 Å². The van der Waals surface area contributed by atoms with Crippen LogP contribution in [0.5, 0.6) is 5.75 Å². The Morgan fingerprint density at radius 2 is 2.09 bits per heavy atom. The summed E-state index contributed by atoms with van der Waals surface area (Å²) in [6.45, 7) is 2.76. The number of benzene rings is 1. The van der Waals surface area contributed by atoms with Crippen molar-refractivity contribution < 1.29 is 28.2 Å². The Bertz CT molecular complexity index is 1220. The van der Waals surface area contributed by atoms with Crippen LogP contribution in [0.3, 0.4) is 0 Å². The number of rotatable bonds is 9. The molecule has 1 aromatic carbocycles.